The van der Waals surface area contributed by atoms with Gasteiger partial charge in [0.1, 0.15) is 36.8 Å². The number of benzene rings is 2. The Morgan fingerprint density at radius 1 is 0.812 bits per heavy atom. The van der Waals surface area contributed by atoms with Crippen LogP contribution in [0.15, 0.2) is 48.5 Å². The molecule has 5 amide bonds. The number of rotatable bonds is 18. The van der Waals surface area contributed by atoms with E-state index >= 15 is 0 Å². The Morgan fingerprint density at radius 3 is 1.84 bits per heavy atom. The summed E-state index contributed by atoms with van der Waals surface area (Å²) in [6.07, 6.45) is -0.277. The lowest BCUT2D eigenvalue weighted by molar-refractivity contribution is -0.154. The molecular formula is C49H75N5O9Si. The van der Waals surface area contributed by atoms with Crippen molar-refractivity contribution in [2.24, 2.45) is 23.7 Å². The predicted molar refractivity (Wildman–Crippen MR) is 251 cm³/mol. The minimum atomic E-state index is -2.32. The second kappa shape index (κ2) is 21.5. The van der Waals surface area contributed by atoms with Crippen molar-refractivity contribution in [2.45, 2.75) is 156 Å². The lowest BCUT2D eigenvalue weighted by atomic mass is 9.93. The molecule has 2 aromatic carbocycles. The van der Waals surface area contributed by atoms with E-state index < -0.39 is 86.1 Å². The number of aliphatic carboxylic acids is 1. The normalized spacial score (nSPS) is 18.5. The summed E-state index contributed by atoms with van der Waals surface area (Å²) in [6, 6.07) is 10.7. The van der Waals surface area contributed by atoms with E-state index in [9.17, 15) is 33.9 Å². The molecule has 64 heavy (non-hydrogen) atoms. The van der Waals surface area contributed by atoms with Gasteiger partial charge in [0.15, 0.2) is 8.32 Å². The molecule has 0 radical (unpaired) electrons. The number of alkyl carbamates (subject to hydrolysis) is 1. The molecule has 0 unspecified atom stereocenters. The molecule has 4 N–H and O–H groups in total. The van der Waals surface area contributed by atoms with E-state index in [1.54, 1.807) is 20.9 Å². The maximum absolute atomic E-state index is 15.0. The number of fused-ring (bicyclic) bond motifs is 3. The summed E-state index contributed by atoms with van der Waals surface area (Å²) in [5.74, 6) is -4.71. The van der Waals surface area contributed by atoms with E-state index in [1.165, 1.54) is 9.80 Å². The summed E-state index contributed by atoms with van der Waals surface area (Å²) in [5, 5.41) is 18.0. The van der Waals surface area contributed by atoms with Crippen molar-refractivity contribution in [2.75, 3.05) is 20.2 Å². The van der Waals surface area contributed by atoms with Gasteiger partial charge in [0, 0.05) is 32.0 Å². The molecule has 0 spiro atoms. The van der Waals surface area contributed by atoms with Crippen LogP contribution in [0.25, 0.3) is 11.1 Å². The van der Waals surface area contributed by atoms with Gasteiger partial charge in [-0.15, -0.1) is 0 Å². The number of nitrogens with zero attached hydrogens (tertiary/aromatic N) is 2. The average Bonchev–Trinajstić information content (AvgIpc) is 3.52. The average molecular weight is 906 g/mol. The van der Waals surface area contributed by atoms with E-state index in [0.717, 1.165) is 22.3 Å². The van der Waals surface area contributed by atoms with Gasteiger partial charge in [-0.05, 0) is 76.9 Å². The van der Waals surface area contributed by atoms with Gasteiger partial charge in [0.05, 0.1) is 0 Å². The molecule has 6 atom stereocenters. The Balaban J connectivity index is 1.58. The first-order valence-electron chi connectivity index (χ1n) is 23.0. The Kier molecular flexibility index (Phi) is 17.4. The van der Waals surface area contributed by atoms with Gasteiger partial charge < -0.3 is 40.0 Å². The number of piperidine rings is 1. The quantitative estimate of drug-likeness (QED) is 0.113. The first kappa shape index (κ1) is 51.9. The Hall–Kier alpha value is -4.76. The molecule has 0 saturated carbocycles. The summed E-state index contributed by atoms with van der Waals surface area (Å²) in [7, 11) is -0.785. The molecule has 14 nitrogen and oxygen atoms in total. The van der Waals surface area contributed by atoms with Crippen LogP contribution >= 0.6 is 0 Å². The van der Waals surface area contributed by atoms with Crippen LogP contribution in [0.5, 0.6) is 0 Å². The third kappa shape index (κ3) is 12.3. The van der Waals surface area contributed by atoms with Gasteiger partial charge in [-0.2, -0.15) is 0 Å². The van der Waals surface area contributed by atoms with Crippen molar-refractivity contribution in [1.29, 1.82) is 0 Å². The minimum absolute atomic E-state index is 0.0435. The summed E-state index contributed by atoms with van der Waals surface area (Å²) >= 11 is 0. The van der Waals surface area contributed by atoms with Crippen molar-refractivity contribution in [3.63, 3.8) is 0 Å². The largest absolute Gasteiger partial charge is 0.480 e. The summed E-state index contributed by atoms with van der Waals surface area (Å²) < 4.78 is 12.6. The molecule has 1 aliphatic heterocycles. The Bertz CT molecular complexity index is 1950. The highest BCUT2D eigenvalue weighted by atomic mass is 28.4. The minimum Gasteiger partial charge on any atom is -0.480 e. The fourth-order valence-electron chi connectivity index (χ4n) is 8.59. The van der Waals surface area contributed by atoms with Gasteiger partial charge in [-0.1, -0.05) is 125 Å². The molecule has 4 rings (SSSR count). The molecule has 354 valence electrons. The van der Waals surface area contributed by atoms with Crippen LogP contribution in [0.3, 0.4) is 0 Å². The molecule has 2 aliphatic rings. The van der Waals surface area contributed by atoms with Crippen molar-refractivity contribution in [3.8, 4) is 11.1 Å². The zero-order chi connectivity index (χ0) is 48.0. The van der Waals surface area contributed by atoms with E-state index in [2.05, 4.69) is 61.9 Å². The van der Waals surface area contributed by atoms with Gasteiger partial charge >= 0.3 is 12.1 Å². The number of carboxylic acid groups (broad SMARTS) is 1. The van der Waals surface area contributed by atoms with Gasteiger partial charge in [-0.3, -0.25) is 19.2 Å². The molecule has 2 aromatic rings. The third-order valence-electron chi connectivity index (χ3n) is 13.2. The van der Waals surface area contributed by atoms with Crippen LogP contribution in [0.4, 0.5) is 4.79 Å². The lowest BCUT2D eigenvalue weighted by Crippen LogP contribution is -2.64. The number of ether oxygens (including phenoxy) is 1. The fraction of sp³-hybridized carbons (Fsp3) is 0.633. The highest BCUT2D eigenvalue weighted by Crippen LogP contribution is 2.44. The fourth-order valence-corrected chi connectivity index (χ4v) is 9.99. The van der Waals surface area contributed by atoms with Gasteiger partial charge in [0.2, 0.25) is 23.6 Å². The van der Waals surface area contributed by atoms with Crippen LogP contribution in [-0.2, 0) is 33.1 Å². The first-order chi connectivity index (χ1) is 29.8. The standard InChI is InChI=1S/C49H75N5O9Si/c1-28(2)25-38(43(55)51-41(30(5)6)47(59)60)50-44(56)39-26-32(63-64(13,14)49(9,10)11)23-24-54(39)46(58)42(31(7)8)53(12)45(57)40(29(3)4)52-48(61)62-27-37-35-21-17-15-19-33(35)34-20-16-18-22-36(34)37/h15-22,28-32,37-42H,23-27H2,1-14H3,(H,50,56)(H,51,55)(H,52,61)(H,59,60)/t32-,38-,39+,40+,41+,42-/m0/s1. The van der Waals surface area contributed by atoms with E-state index in [-0.39, 0.29) is 54.9 Å². The zero-order valence-corrected chi connectivity index (χ0v) is 41.6. The highest BCUT2D eigenvalue weighted by molar-refractivity contribution is 6.74. The second-order valence-electron chi connectivity index (χ2n) is 20.7. The molecule has 1 saturated heterocycles. The van der Waals surface area contributed by atoms with Crippen LogP contribution in [0.1, 0.15) is 112 Å². The molecule has 0 aromatic heterocycles. The van der Waals surface area contributed by atoms with E-state index in [1.807, 2.05) is 77.9 Å². The smallest absolute Gasteiger partial charge is 0.407 e. The Labute approximate surface area is 382 Å². The highest BCUT2D eigenvalue weighted by Gasteiger charge is 2.47. The molecule has 15 heteroatoms. The van der Waals surface area contributed by atoms with Crippen LogP contribution in [0.2, 0.25) is 18.1 Å². The van der Waals surface area contributed by atoms with Crippen molar-refractivity contribution in [3.05, 3.63) is 59.7 Å². The number of hydrogen-bond donors (Lipinski definition) is 4. The van der Waals surface area contributed by atoms with E-state index in [0.29, 0.717) is 6.42 Å². The first-order valence-corrected chi connectivity index (χ1v) is 25.9. The van der Waals surface area contributed by atoms with Gasteiger partial charge in [-0.25, -0.2) is 9.59 Å². The number of nitrogens with one attached hydrogen (secondary N) is 3. The predicted octanol–water partition coefficient (Wildman–Crippen LogP) is 7.17. The maximum atomic E-state index is 15.0. The summed E-state index contributed by atoms with van der Waals surface area (Å²) in [4.78, 5) is 86.1. The number of carbonyl (C=O) groups excluding carboxylic acids is 5. The molecular weight excluding hydrogens is 831 g/mol. The lowest BCUT2D eigenvalue weighted by Gasteiger charge is -2.46. The molecule has 0 bridgehead atoms. The Morgan fingerprint density at radius 2 is 1.36 bits per heavy atom. The summed E-state index contributed by atoms with van der Waals surface area (Å²) in [5.41, 5.74) is 4.31. The van der Waals surface area contributed by atoms with E-state index in [4.69, 9.17) is 9.16 Å². The van der Waals surface area contributed by atoms with Crippen LogP contribution in [0, 0.1) is 23.7 Å². The SMILES string of the molecule is CC(C)C[C@H](NC(=O)[C@H]1C[C@@H](O[Si](C)(C)C(C)(C)C)CCN1C(=O)[C@H](C(C)C)N(C)C(=O)[C@H](NC(=O)OCC1c2ccccc2-c2ccccc21)C(C)C)C(=O)N[C@@H](C(=O)O)C(C)C. The monoisotopic (exact) mass is 906 g/mol. The third-order valence-corrected chi connectivity index (χ3v) is 17.7. The second-order valence-corrected chi connectivity index (χ2v) is 25.4. The molecule has 1 heterocycles. The number of carbonyl (C=O) groups is 6. The van der Waals surface area contributed by atoms with Gasteiger partial charge in [0.25, 0.3) is 0 Å². The topological polar surface area (TPSA) is 184 Å². The number of amides is 5. The molecule has 1 aliphatic carbocycles. The van der Waals surface area contributed by atoms with Crippen molar-refractivity contribution in [1.82, 2.24) is 25.8 Å². The molecule has 1 fully saturated rings. The number of likely N-dealkylation sites (tertiary alicyclic amines) is 1. The zero-order valence-electron chi connectivity index (χ0n) is 40.6. The summed E-state index contributed by atoms with van der Waals surface area (Å²) in [6.45, 7) is 25.3. The van der Waals surface area contributed by atoms with Crippen LogP contribution in [-0.4, -0.2) is 115 Å². The van der Waals surface area contributed by atoms with Crippen LogP contribution < -0.4 is 16.0 Å². The number of carboxylic acids is 1. The van der Waals surface area contributed by atoms with Crippen molar-refractivity contribution < 1.29 is 43.0 Å². The number of likely N-dealkylation sites (N-methyl/N-ethyl adjacent to an activating group) is 1. The van der Waals surface area contributed by atoms with Crippen molar-refractivity contribution >= 4 is 44.0 Å². The maximum Gasteiger partial charge on any atom is 0.407 e. The number of hydrogen-bond acceptors (Lipinski definition) is 8.